The molecule has 8 aromatic heterocycles. The van der Waals surface area contributed by atoms with Crippen molar-refractivity contribution in [2.75, 3.05) is 184 Å². The Labute approximate surface area is 798 Å². The molecule has 0 aliphatic carbocycles. The van der Waals surface area contributed by atoms with Gasteiger partial charge in [0.15, 0.2) is 17.3 Å². The molecule has 0 unspecified atom stereocenters. The van der Waals surface area contributed by atoms with Gasteiger partial charge in [0.05, 0.1) is 25.7 Å². The molecule has 2 aliphatic heterocycles. The molecule has 13 N–H and O–H groups in total. The Balaban J connectivity index is 0.000000160. The summed E-state index contributed by atoms with van der Waals surface area (Å²) >= 11 is 25.5. The Kier molecular flexibility index (Phi) is 37.7. The predicted octanol–water partition coefficient (Wildman–Crippen LogP) is 16.6. The second-order valence-electron chi connectivity index (χ2n) is 34.1. The fourth-order valence-corrected chi connectivity index (χ4v) is 16.3. The molecule has 0 bridgehead atoms. The second kappa shape index (κ2) is 50.1. The molecule has 0 radical (unpaired) electrons. The number of halogens is 4. The van der Waals surface area contributed by atoms with E-state index in [4.69, 9.17) is 74.1 Å². The summed E-state index contributed by atoms with van der Waals surface area (Å²) in [7, 11) is 10.3. The van der Waals surface area contributed by atoms with Crippen molar-refractivity contribution in [1.82, 2.24) is 74.6 Å². The van der Waals surface area contributed by atoms with Crippen LogP contribution in [0.4, 0.5) is 46.5 Å². The molecular formula is C101H121Cl4N23O5. The molecular weight excluding hydrogens is 1760 g/mol. The lowest BCUT2D eigenvalue weighted by molar-refractivity contribution is 0.0947. The number of benzene rings is 5. The summed E-state index contributed by atoms with van der Waals surface area (Å²) in [6.07, 6.45) is 19.1. The Morgan fingerprint density at radius 1 is 0.398 bits per heavy atom. The quantitative estimate of drug-likeness (QED) is 0.0128. The van der Waals surface area contributed by atoms with E-state index in [0.29, 0.717) is 153 Å². The van der Waals surface area contributed by atoms with Crippen LogP contribution in [0.25, 0.3) is 43.1 Å². The molecule has 32 heteroatoms. The molecule has 28 nitrogen and oxygen atoms in total. The first-order valence-electron chi connectivity index (χ1n) is 45.1. The molecule has 1 amide bonds. The lowest BCUT2D eigenvalue weighted by Crippen LogP contribution is -2.49. The fraction of sp³-hybridized carbons (Fsp3) is 0.347. The van der Waals surface area contributed by atoms with Crippen LogP contribution < -0.4 is 54.3 Å². The molecule has 2 saturated heterocycles. The summed E-state index contributed by atoms with van der Waals surface area (Å²) < 4.78 is 5.73. The number of rotatable bonds is 38. The van der Waals surface area contributed by atoms with E-state index in [1.54, 1.807) is 67.6 Å². The summed E-state index contributed by atoms with van der Waals surface area (Å²) in [5.41, 5.74) is 30.9. The number of aryl methyl sites for hydroxylation is 3. The van der Waals surface area contributed by atoms with Crippen molar-refractivity contribution in [2.45, 2.75) is 90.8 Å². The number of pyridine rings is 8. The Morgan fingerprint density at radius 3 is 1.13 bits per heavy atom. The van der Waals surface area contributed by atoms with Crippen molar-refractivity contribution in [2.24, 2.45) is 0 Å². The fourth-order valence-electron chi connectivity index (χ4n) is 15.4. The highest BCUT2D eigenvalue weighted by Gasteiger charge is 2.22. The summed E-state index contributed by atoms with van der Waals surface area (Å²) in [4.78, 5) is 98.6. The topological polar surface area (TPSA) is 364 Å². The van der Waals surface area contributed by atoms with Gasteiger partial charge >= 0.3 is 0 Å². The lowest BCUT2D eigenvalue weighted by Gasteiger charge is -2.36. The number of piperazine rings is 2. The van der Waals surface area contributed by atoms with Gasteiger partial charge in [0.2, 0.25) is 0 Å². The molecule has 2 fully saturated rings. The zero-order chi connectivity index (χ0) is 94.3. The maximum Gasteiger partial charge on any atom is 0.253 e. The van der Waals surface area contributed by atoms with Crippen molar-refractivity contribution in [3.8, 4) is 5.75 Å². The van der Waals surface area contributed by atoms with E-state index in [0.717, 1.165) is 194 Å². The smallest absolute Gasteiger partial charge is 0.253 e. The largest absolute Gasteiger partial charge is 0.492 e. The molecule has 10 heterocycles. The van der Waals surface area contributed by atoms with Gasteiger partial charge in [-0.2, -0.15) is 0 Å². The van der Waals surface area contributed by atoms with E-state index in [1.807, 2.05) is 137 Å². The SMILES string of the molecule is CC(C)N1CCN(CCCNc2ncc(C(=O)CCc3ccc4c(N)nccc4c3)cc2Cl)CC1.CN(C)CCCNc1ncc(C(=O)NCc2ccc3c(N)nccc3c2)cc1Cl.CN(C)CCOc1ccc(CNc2ncc(C(=O)CCc3ccc4c(N)nccc4c3)cc2Cl)cc1.CN1CCN(CCCNc2ncc(C(=O)CCc3ccc4c(N)nccc4c3)cc2Cl)CC1. The molecule has 5 aromatic carbocycles. The third-order valence-electron chi connectivity index (χ3n) is 23.3. The van der Waals surface area contributed by atoms with E-state index in [2.05, 4.69) is 129 Å². The van der Waals surface area contributed by atoms with Crippen molar-refractivity contribution < 1.29 is 23.9 Å². The molecule has 2 aliphatic rings. The van der Waals surface area contributed by atoms with E-state index in [1.165, 1.54) is 6.20 Å². The van der Waals surface area contributed by atoms with Crippen LogP contribution in [0.5, 0.6) is 5.75 Å². The molecule has 0 saturated carbocycles. The van der Waals surface area contributed by atoms with E-state index in [-0.39, 0.29) is 23.3 Å². The van der Waals surface area contributed by atoms with Crippen LogP contribution in [0.1, 0.15) is 122 Å². The summed E-state index contributed by atoms with van der Waals surface area (Å²) in [6.45, 7) is 21.5. The van der Waals surface area contributed by atoms with Crippen LogP contribution in [-0.2, 0) is 32.4 Å². The number of carbonyl (C=O) groups excluding carboxylic acids is 4. The minimum atomic E-state index is -0.229. The van der Waals surface area contributed by atoms with Crippen LogP contribution in [0.2, 0.25) is 20.1 Å². The van der Waals surface area contributed by atoms with Crippen molar-refractivity contribution in [3.05, 3.63) is 265 Å². The third kappa shape index (κ3) is 30.5. The van der Waals surface area contributed by atoms with Crippen LogP contribution in [0.3, 0.4) is 0 Å². The number of ketones is 3. The minimum Gasteiger partial charge on any atom is -0.492 e. The molecule has 15 rings (SSSR count). The Bertz CT molecular complexity index is 6080. The molecule has 698 valence electrons. The highest BCUT2D eigenvalue weighted by Crippen LogP contribution is 2.31. The highest BCUT2D eigenvalue weighted by molar-refractivity contribution is 6.34. The standard InChI is InChI=1S/C28H30ClN5O2.C27H35ClN6O.C25H31ClN6O.C21H25ClN6O/c1-34(2)13-14-36-23-7-3-20(4-8-23)17-32-28-25(29)16-22(18-33-28)26(35)10-6-19-5-9-24-21(15-19)11-12-31-27(24)30;1-19(2)34-14-12-33(13-15-34)11-3-9-31-27-24(28)17-22(18-32-27)25(35)7-5-20-4-6-23-21(16-20)8-10-30-26(23)29;1-31-11-13-32(14-12-31)10-2-8-29-25-22(26)16-20(17-30-25)23(33)6-4-18-3-5-21-19(15-18)7-9-28-24(21)27;1-28(2)9-3-7-25-20-18(22)11-16(13-26-20)21(29)27-12-14-4-5-17-15(10-14)6-8-24-19(17)23/h3-5,7-9,11-12,15-16,18H,6,10,13-14,17H2,1-2H3,(H2,30,31)(H,32,33);4,6,8,10,16-19H,3,5,7,9,11-15H2,1-2H3,(H2,29,30)(H,31,32);3,5,7,9,15-17H,2,4,6,8,10-14H2,1H3,(H2,27,28)(H,29,30);4-6,8,10-11,13H,3,7,9,12H2,1-2H3,(H2,23,24)(H,25,26)(H,27,29). The summed E-state index contributed by atoms with van der Waals surface area (Å²) in [6, 6.07) is 46.7. The molecule has 133 heavy (non-hydrogen) atoms. The highest BCUT2D eigenvalue weighted by atomic mass is 35.5. The number of likely N-dealkylation sites (N-methyl/N-ethyl adjacent to an activating group) is 2. The number of carbonyl (C=O) groups is 4. The maximum absolute atomic E-state index is 12.8. The van der Waals surface area contributed by atoms with Gasteiger partial charge in [0.25, 0.3) is 5.91 Å². The van der Waals surface area contributed by atoms with Crippen molar-refractivity contribution >= 4 is 159 Å². The molecule has 0 spiro atoms. The number of nitrogens with one attached hydrogen (secondary N) is 5. The van der Waals surface area contributed by atoms with Crippen molar-refractivity contribution in [1.29, 1.82) is 0 Å². The Morgan fingerprint density at radius 2 is 0.744 bits per heavy atom. The van der Waals surface area contributed by atoms with Crippen LogP contribution in [-0.4, -0.2) is 239 Å². The van der Waals surface area contributed by atoms with E-state index in [9.17, 15) is 19.2 Å². The predicted molar refractivity (Wildman–Crippen MR) is 544 cm³/mol. The Hall–Kier alpha value is -12.1. The number of amides is 1. The number of nitrogen functional groups attached to an aromatic ring is 4. The molecule has 13 aromatic rings. The number of Topliss-reactive ketones (excluding diaryl/α,β-unsaturated/α-hetero) is 3. The first kappa shape index (κ1) is 99.9. The van der Waals surface area contributed by atoms with Gasteiger partial charge in [-0.1, -0.05) is 125 Å². The van der Waals surface area contributed by atoms with Gasteiger partial charge in [0, 0.05) is 205 Å². The van der Waals surface area contributed by atoms with Crippen LogP contribution in [0, 0.1) is 0 Å². The summed E-state index contributed by atoms with van der Waals surface area (Å²) in [5.74, 6) is 5.09. The van der Waals surface area contributed by atoms with Gasteiger partial charge in [-0.05, 0) is 223 Å². The maximum atomic E-state index is 12.8. The van der Waals surface area contributed by atoms with Gasteiger partial charge < -0.3 is 78.8 Å². The third-order valence-corrected chi connectivity index (χ3v) is 24.4. The van der Waals surface area contributed by atoms with Crippen LogP contribution >= 0.6 is 46.4 Å². The monoisotopic (exact) mass is 1880 g/mol. The van der Waals surface area contributed by atoms with E-state index < -0.39 is 0 Å². The number of aromatic nitrogens is 8. The number of hydrogen-bond acceptors (Lipinski definition) is 27. The number of anilines is 8. The van der Waals surface area contributed by atoms with Gasteiger partial charge in [-0.15, -0.1) is 0 Å². The number of nitrogens with zero attached hydrogens (tertiary/aromatic N) is 14. The zero-order valence-corrected chi connectivity index (χ0v) is 79.8. The van der Waals surface area contributed by atoms with Gasteiger partial charge in [0.1, 0.15) is 58.9 Å². The van der Waals surface area contributed by atoms with Crippen LogP contribution in [0.15, 0.2) is 195 Å². The number of fused-ring (bicyclic) bond motifs is 4. The normalized spacial score (nSPS) is 13.1. The average Bonchev–Trinajstić information content (AvgIpc) is 0.831. The van der Waals surface area contributed by atoms with E-state index >= 15 is 0 Å². The number of hydrogen-bond donors (Lipinski definition) is 9. The first-order chi connectivity index (χ1) is 64.2. The first-order valence-corrected chi connectivity index (χ1v) is 46.6. The second-order valence-corrected chi connectivity index (χ2v) is 35.7. The van der Waals surface area contributed by atoms with Gasteiger partial charge in [-0.3, -0.25) is 24.1 Å². The minimum absolute atomic E-state index is 0.00450. The lowest BCUT2D eigenvalue weighted by atomic mass is 10.0. The average molecular weight is 1880 g/mol. The zero-order valence-electron chi connectivity index (χ0n) is 76.8. The number of ether oxygens (including phenoxy) is 1. The summed E-state index contributed by atoms with van der Waals surface area (Å²) in [5, 5.41) is 25.5. The van der Waals surface area contributed by atoms with Gasteiger partial charge in [-0.25, -0.2) is 39.9 Å². The van der Waals surface area contributed by atoms with Crippen molar-refractivity contribution in [3.63, 3.8) is 0 Å². The molecule has 0 atom stereocenters. The number of nitrogens with two attached hydrogens (primary N) is 4.